The van der Waals surface area contributed by atoms with Gasteiger partial charge in [0, 0.05) is 10.9 Å². The minimum absolute atomic E-state index is 0.122. The van der Waals surface area contributed by atoms with Crippen LogP contribution in [-0.4, -0.2) is 44.3 Å². The lowest BCUT2D eigenvalue weighted by Crippen LogP contribution is -2.47. The number of carbonyl (C=O) groups excluding carboxylic acids is 2. The molecule has 3 rings (SSSR count). The number of hydrogen-bond acceptors (Lipinski definition) is 5. The van der Waals surface area contributed by atoms with E-state index in [2.05, 4.69) is 10.0 Å². The van der Waals surface area contributed by atoms with Gasteiger partial charge in [0.05, 0.1) is 24.5 Å². The van der Waals surface area contributed by atoms with E-state index in [1.165, 1.54) is 22.7 Å². The zero-order valence-electron chi connectivity index (χ0n) is 17.1. The van der Waals surface area contributed by atoms with Crippen LogP contribution in [-0.2, 0) is 26.2 Å². The second kappa shape index (κ2) is 10.8. The molecule has 1 aliphatic rings. The number of carbonyl (C=O) groups is 2. The van der Waals surface area contributed by atoms with Gasteiger partial charge in [0.2, 0.25) is 21.8 Å². The highest BCUT2D eigenvalue weighted by atomic mass is 32.2. The van der Waals surface area contributed by atoms with Crippen molar-refractivity contribution in [1.29, 1.82) is 0 Å². The van der Waals surface area contributed by atoms with Gasteiger partial charge in [0.25, 0.3) is 0 Å². The Morgan fingerprint density at radius 2 is 1.81 bits per heavy atom. The lowest BCUT2D eigenvalue weighted by molar-refractivity contribution is -0.136. The number of thiophene rings is 1. The molecule has 2 N–H and O–H groups in total. The molecule has 1 heterocycles. The monoisotopic (exact) mass is 467 g/mol. The van der Waals surface area contributed by atoms with E-state index in [4.69, 9.17) is 0 Å². The predicted octanol–water partition coefficient (Wildman–Crippen LogP) is 2.64. The van der Waals surface area contributed by atoms with Crippen molar-refractivity contribution >= 4 is 33.2 Å². The molecule has 1 fully saturated rings. The first kappa shape index (κ1) is 23.4. The Kier molecular flexibility index (Phi) is 8.16. The number of benzene rings is 1. The summed E-state index contributed by atoms with van der Waals surface area (Å²) in [6.07, 6.45) is 5.19. The van der Waals surface area contributed by atoms with E-state index in [1.54, 1.807) is 0 Å². The Morgan fingerprint density at radius 3 is 2.45 bits per heavy atom. The molecule has 0 radical (unpaired) electrons. The van der Waals surface area contributed by atoms with Crippen molar-refractivity contribution in [2.24, 2.45) is 0 Å². The number of nitrogens with one attached hydrogen (secondary N) is 2. The van der Waals surface area contributed by atoms with Crippen molar-refractivity contribution in [2.75, 3.05) is 13.1 Å². The Hall–Kier alpha value is -2.30. The molecule has 0 bridgehead atoms. The minimum atomic E-state index is -3.98. The highest BCUT2D eigenvalue weighted by molar-refractivity contribution is 7.89. The molecule has 2 amide bonds. The van der Waals surface area contributed by atoms with Crippen molar-refractivity contribution < 1.29 is 22.4 Å². The molecule has 1 aromatic carbocycles. The van der Waals surface area contributed by atoms with Crippen LogP contribution in [0.1, 0.15) is 37.0 Å². The van der Waals surface area contributed by atoms with E-state index in [-0.39, 0.29) is 29.9 Å². The number of halogens is 1. The van der Waals surface area contributed by atoms with Gasteiger partial charge in [0.1, 0.15) is 5.82 Å². The molecule has 1 aromatic heterocycles. The average molecular weight is 468 g/mol. The number of rotatable bonds is 9. The summed E-state index contributed by atoms with van der Waals surface area (Å²) >= 11 is 1.45. The van der Waals surface area contributed by atoms with Crippen LogP contribution in [0.3, 0.4) is 0 Å². The van der Waals surface area contributed by atoms with Crippen LogP contribution in [0.2, 0.25) is 0 Å². The number of amides is 2. The molecule has 168 valence electrons. The molecule has 0 aliphatic heterocycles. The Balaban J connectivity index is 1.62. The van der Waals surface area contributed by atoms with Crippen LogP contribution < -0.4 is 10.0 Å². The molecule has 1 saturated carbocycles. The maximum Gasteiger partial charge on any atom is 0.241 e. The van der Waals surface area contributed by atoms with Gasteiger partial charge in [-0.15, -0.1) is 11.3 Å². The van der Waals surface area contributed by atoms with Crippen LogP contribution >= 0.6 is 11.3 Å². The maximum atomic E-state index is 13.1. The largest absolute Gasteiger partial charge is 0.352 e. The second-order valence-electron chi connectivity index (χ2n) is 7.51. The topological polar surface area (TPSA) is 95.6 Å². The zero-order chi connectivity index (χ0) is 22.3. The van der Waals surface area contributed by atoms with Gasteiger partial charge in [-0.2, -0.15) is 0 Å². The van der Waals surface area contributed by atoms with Crippen LogP contribution in [0, 0.1) is 5.82 Å². The zero-order valence-corrected chi connectivity index (χ0v) is 18.7. The van der Waals surface area contributed by atoms with Gasteiger partial charge in [-0.25, -0.2) is 17.5 Å². The van der Waals surface area contributed by atoms with E-state index in [0.717, 1.165) is 54.8 Å². The fraction of sp³-hybridized carbons (Fsp3) is 0.429. The molecule has 0 spiro atoms. The molecule has 10 heteroatoms. The fourth-order valence-electron chi connectivity index (χ4n) is 3.48. The fourth-order valence-corrected chi connectivity index (χ4v) is 5.18. The van der Waals surface area contributed by atoms with E-state index < -0.39 is 28.3 Å². The average Bonchev–Trinajstić information content (AvgIpc) is 3.26. The maximum absolute atomic E-state index is 13.1. The molecule has 0 unspecified atom stereocenters. The summed E-state index contributed by atoms with van der Waals surface area (Å²) in [4.78, 5) is 27.4. The Labute approximate surface area is 185 Å². The molecular formula is C21H26FN3O4S2. The van der Waals surface area contributed by atoms with Crippen LogP contribution in [0.4, 0.5) is 4.39 Å². The van der Waals surface area contributed by atoms with Gasteiger partial charge >= 0.3 is 0 Å². The third kappa shape index (κ3) is 7.12. The minimum Gasteiger partial charge on any atom is -0.352 e. The van der Waals surface area contributed by atoms with Crippen molar-refractivity contribution in [3.05, 3.63) is 52.5 Å². The van der Waals surface area contributed by atoms with E-state index in [9.17, 15) is 22.4 Å². The lowest BCUT2D eigenvalue weighted by Gasteiger charge is -2.26. The molecule has 7 nitrogen and oxygen atoms in total. The van der Waals surface area contributed by atoms with Crippen molar-refractivity contribution in [1.82, 2.24) is 14.9 Å². The molecular weight excluding hydrogens is 441 g/mol. The van der Waals surface area contributed by atoms with E-state index >= 15 is 0 Å². The number of sulfonamides is 1. The third-order valence-corrected chi connectivity index (χ3v) is 7.40. The van der Waals surface area contributed by atoms with E-state index in [0.29, 0.717) is 0 Å². The first-order valence-corrected chi connectivity index (χ1v) is 12.5. The molecule has 31 heavy (non-hydrogen) atoms. The van der Waals surface area contributed by atoms with Crippen molar-refractivity contribution in [3.63, 3.8) is 0 Å². The third-order valence-electron chi connectivity index (χ3n) is 5.12. The van der Waals surface area contributed by atoms with Gasteiger partial charge in [-0.3, -0.25) is 9.59 Å². The SMILES string of the molecule is O=C(CN(Cc1cccs1)C(=O)CNS(=O)(=O)c1ccc(F)cc1)NC1CCCCC1. The van der Waals surface area contributed by atoms with Crippen LogP contribution in [0.15, 0.2) is 46.7 Å². The second-order valence-corrected chi connectivity index (χ2v) is 10.3. The molecule has 0 atom stereocenters. The molecule has 2 aromatic rings. The van der Waals surface area contributed by atoms with Gasteiger partial charge < -0.3 is 10.2 Å². The van der Waals surface area contributed by atoms with Crippen LogP contribution in [0.5, 0.6) is 0 Å². The van der Waals surface area contributed by atoms with Gasteiger partial charge in [-0.05, 0) is 48.6 Å². The lowest BCUT2D eigenvalue weighted by atomic mass is 9.95. The quantitative estimate of drug-likeness (QED) is 0.593. The first-order chi connectivity index (χ1) is 14.8. The van der Waals surface area contributed by atoms with Gasteiger partial charge in [-0.1, -0.05) is 25.3 Å². The standard InChI is InChI=1S/C21H26FN3O4S2/c22-16-8-10-19(11-9-16)31(28,29)23-13-21(27)25(14-18-7-4-12-30-18)15-20(26)24-17-5-2-1-3-6-17/h4,7-12,17,23H,1-3,5-6,13-15H2,(H,24,26). The highest BCUT2D eigenvalue weighted by Gasteiger charge is 2.23. The highest BCUT2D eigenvalue weighted by Crippen LogP contribution is 2.18. The Morgan fingerprint density at radius 1 is 1.10 bits per heavy atom. The summed E-state index contributed by atoms with van der Waals surface area (Å²) in [6.45, 7) is -0.430. The predicted molar refractivity (Wildman–Crippen MR) is 116 cm³/mol. The summed E-state index contributed by atoms with van der Waals surface area (Å²) in [5.41, 5.74) is 0. The summed E-state index contributed by atoms with van der Waals surface area (Å²) in [7, 11) is -3.98. The number of hydrogen-bond donors (Lipinski definition) is 2. The molecule has 1 aliphatic carbocycles. The summed E-state index contributed by atoms with van der Waals surface area (Å²) in [5, 5.41) is 4.86. The van der Waals surface area contributed by atoms with Crippen molar-refractivity contribution in [3.8, 4) is 0 Å². The van der Waals surface area contributed by atoms with Crippen LogP contribution in [0.25, 0.3) is 0 Å². The smallest absolute Gasteiger partial charge is 0.241 e. The molecule has 0 saturated heterocycles. The Bertz CT molecular complexity index is 973. The normalized spacial score (nSPS) is 14.9. The van der Waals surface area contributed by atoms with Crippen molar-refractivity contribution in [2.45, 2.75) is 49.6 Å². The summed E-state index contributed by atoms with van der Waals surface area (Å²) in [5.74, 6) is -1.32. The van der Waals surface area contributed by atoms with E-state index in [1.807, 2.05) is 17.5 Å². The summed E-state index contributed by atoms with van der Waals surface area (Å²) < 4.78 is 40.1. The first-order valence-electron chi connectivity index (χ1n) is 10.2. The number of nitrogens with zero attached hydrogens (tertiary/aromatic N) is 1. The van der Waals surface area contributed by atoms with Gasteiger partial charge in [0.15, 0.2) is 0 Å². The summed E-state index contributed by atoms with van der Waals surface area (Å²) in [6, 6.07) is 8.16.